The predicted octanol–water partition coefficient (Wildman–Crippen LogP) is 2.48. The van der Waals surface area contributed by atoms with Crippen molar-refractivity contribution < 1.29 is 13.7 Å². The molecule has 4 aromatic rings. The second-order valence-corrected chi connectivity index (χ2v) is 6.79. The first-order chi connectivity index (χ1) is 14.5. The van der Waals surface area contributed by atoms with Crippen LogP contribution in [0.1, 0.15) is 33.4 Å². The molecule has 0 radical (unpaired) electrons. The maximum atomic E-state index is 12.2. The fraction of sp³-hybridized carbons (Fsp3) is 0.190. The summed E-state index contributed by atoms with van der Waals surface area (Å²) in [6.45, 7) is 4.23. The largest absolute Gasteiger partial charge is 0.467 e. The minimum atomic E-state index is -0.533. The molecule has 0 aliphatic heterocycles. The molecule has 1 N–H and O–H groups in total. The van der Waals surface area contributed by atoms with E-state index in [1.807, 2.05) is 32.0 Å². The Morgan fingerprint density at radius 2 is 2.00 bits per heavy atom. The number of nitrogens with zero attached hydrogens (tertiary/aromatic N) is 4. The molecule has 152 valence electrons. The number of nitrogens with one attached hydrogen (secondary N) is 1. The Labute approximate surface area is 171 Å². The van der Waals surface area contributed by atoms with E-state index in [4.69, 9.17) is 8.94 Å². The van der Waals surface area contributed by atoms with Gasteiger partial charge < -0.3 is 14.3 Å². The molecule has 30 heavy (non-hydrogen) atoms. The lowest BCUT2D eigenvalue weighted by Gasteiger charge is -2.07. The Kier molecular flexibility index (Phi) is 5.25. The number of carbonyl (C=O) groups excluding carboxylic acids is 1. The molecule has 0 atom stereocenters. The minimum Gasteiger partial charge on any atom is -0.467 e. The second-order valence-electron chi connectivity index (χ2n) is 6.79. The molecule has 0 fully saturated rings. The molecule has 9 nitrogen and oxygen atoms in total. The van der Waals surface area contributed by atoms with Crippen LogP contribution in [-0.2, 0) is 13.1 Å². The van der Waals surface area contributed by atoms with Crippen LogP contribution < -0.4 is 10.9 Å². The van der Waals surface area contributed by atoms with Crippen molar-refractivity contribution in [2.24, 2.45) is 0 Å². The van der Waals surface area contributed by atoms with E-state index in [1.54, 1.807) is 18.2 Å². The van der Waals surface area contributed by atoms with Crippen LogP contribution in [-0.4, -0.2) is 25.8 Å². The average molecular weight is 405 g/mol. The molecule has 0 saturated carbocycles. The van der Waals surface area contributed by atoms with Crippen molar-refractivity contribution in [1.29, 1.82) is 0 Å². The predicted molar refractivity (Wildman–Crippen MR) is 107 cm³/mol. The third-order valence-corrected chi connectivity index (χ3v) is 4.63. The molecule has 3 aromatic heterocycles. The van der Waals surface area contributed by atoms with Gasteiger partial charge in [0.2, 0.25) is 0 Å². The van der Waals surface area contributed by atoms with Gasteiger partial charge in [0.1, 0.15) is 12.3 Å². The maximum Gasteiger partial charge on any atom is 0.316 e. The lowest BCUT2D eigenvalue weighted by Crippen LogP contribution is -2.24. The zero-order chi connectivity index (χ0) is 21.1. The molecule has 0 spiro atoms. The van der Waals surface area contributed by atoms with Crippen LogP contribution in [0.2, 0.25) is 0 Å². The SMILES string of the molecule is Cc1ccc(-c2ccc(=O)n(Cc3noc(C(=O)NCc4ccco4)n3)n2)cc1C. The van der Waals surface area contributed by atoms with Crippen molar-refractivity contribution in [3.63, 3.8) is 0 Å². The molecular formula is C21H19N5O4. The molecule has 0 saturated heterocycles. The highest BCUT2D eigenvalue weighted by Crippen LogP contribution is 2.19. The topological polar surface area (TPSA) is 116 Å². The van der Waals surface area contributed by atoms with Crippen molar-refractivity contribution in [3.8, 4) is 11.3 Å². The zero-order valence-electron chi connectivity index (χ0n) is 16.5. The summed E-state index contributed by atoms with van der Waals surface area (Å²) < 4.78 is 11.4. The van der Waals surface area contributed by atoms with Gasteiger partial charge in [0, 0.05) is 11.6 Å². The first kappa shape index (κ1) is 19.3. The first-order valence-corrected chi connectivity index (χ1v) is 9.28. The molecular weight excluding hydrogens is 386 g/mol. The van der Waals surface area contributed by atoms with Crippen LogP contribution in [0.25, 0.3) is 11.3 Å². The fourth-order valence-corrected chi connectivity index (χ4v) is 2.82. The van der Waals surface area contributed by atoms with Gasteiger partial charge in [-0.2, -0.15) is 10.1 Å². The molecule has 3 heterocycles. The lowest BCUT2D eigenvalue weighted by atomic mass is 10.0. The molecule has 0 bridgehead atoms. The van der Waals surface area contributed by atoms with Crippen LogP contribution in [0.15, 0.2) is 62.5 Å². The lowest BCUT2D eigenvalue weighted by molar-refractivity contribution is 0.0904. The molecule has 0 aliphatic carbocycles. The van der Waals surface area contributed by atoms with Gasteiger partial charge in [-0.25, -0.2) is 4.68 Å². The number of amides is 1. The van der Waals surface area contributed by atoms with Gasteiger partial charge in [-0.3, -0.25) is 9.59 Å². The molecule has 1 amide bonds. The summed E-state index contributed by atoms with van der Waals surface area (Å²) in [5.74, 6) is 0.0382. The van der Waals surface area contributed by atoms with Crippen LogP contribution in [0, 0.1) is 13.8 Å². The van der Waals surface area contributed by atoms with E-state index in [1.165, 1.54) is 22.6 Å². The Morgan fingerprint density at radius 3 is 2.77 bits per heavy atom. The number of carbonyl (C=O) groups is 1. The summed E-state index contributed by atoms with van der Waals surface area (Å²) in [4.78, 5) is 28.4. The molecule has 0 unspecified atom stereocenters. The Hall–Kier alpha value is -4.01. The van der Waals surface area contributed by atoms with Crippen molar-refractivity contribution in [1.82, 2.24) is 25.2 Å². The number of furan rings is 1. The van der Waals surface area contributed by atoms with Crippen LogP contribution >= 0.6 is 0 Å². The molecule has 4 rings (SSSR count). The van der Waals surface area contributed by atoms with E-state index in [0.717, 1.165) is 11.1 Å². The Balaban J connectivity index is 1.49. The smallest absolute Gasteiger partial charge is 0.316 e. The summed E-state index contributed by atoms with van der Waals surface area (Å²) in [5.41, 5.74) is 3.55. The van der Waals surface area contributed by atoms with Crippen LogP contribution in [0.4, 0.5) is 0 Å². The highest BCUT2D eigenvalue weighted by molar-refractivity contribution is 5.89. The van der Waals surface area contributed by atoms with E-state index >= 15 is 0 Å². The number of hydrogen-bond acceptors (Lipinski definition) is 7. The number of benzene rings is 1. The van der Waals surface area contributed by atoms with Gasteiger partial charge in [-0.15, -0.1) is 0 Å². The van der Waals surface area contributed by atoms with Gasteiger partial charge in [0.15, 0.2) is 5.82 Å². The van der Waals surface area contributed by atoms with Gasteiger partial charge in [-0.1, -0.05) is 17.3 Å². The molecule has 0 aliphatic rings. The van der Waals surface area contributed by atoms with Crippen molar-refractivity contribution in [2.45, 2.75) is 26.9 Å². The fourth-order valence-electron chi connectivity index (χ4n) is 2.82. The quantitative estimate of drug-likeness (QED) is 0.524. The average Bonchev–Trinajstić information content (AvgIpc) is 3.42. The summed E-state index contributed by atoms with van der Waals surface area (Å²) in [5, 5.41) is 10.8. The van der Waals surface area contributed by atoms with E-state index in [-0.39, 0.29) is 30.4 Å². The van der Waals surface area contributed by atoms with E-state index in [9.17, 15) is 9.59 Å². The van der Waals surface area contributed by atoms with Crippen molar-refractivity contribution >= 4 is 5.91 Å². The highest BCUT2D eigenvalue weighted by Gasteiger charge is 2.16. The number of rotatable bonds is 6. The van der Waals surface area contributed by atoms with Gasteiger partial charge in [0.05, 0.1) is 18.5 Å². The van der Waals surface area contributed by atoms with Crippen molar-refractivity contribution in [3.05, 3.63) is 87.7 Å². The third kappa shape index (κ3) is 4.19. The van der Waals surface area contributed by atoms with E-state index in [2.05, 4.69) is 20.6 Å². The number of aromatic nitrogens is 4. The van der Waals surface area contributed by atoms with Crippen LogP contribution in [0.3, 0.4) is 0 Å². The van der Waals surface area contributed by atoms with E-state index in [0.29, 0.717) is 11.5 Å². The molecule has 9 heteroatoms. The normalized spacial score (nSPS) is 10.9. The summed E-state index contributed by atoms with van der Waals surface area (Å²) >= 11 is 0. The van der Waals surface area contributed by atoms with Crippen LogP contribution in [0.5, 0.6) is 0 Å². The summed E-state index contributed by atoms with van der Waals surface area (Å²) in [6, 6.07) is 12.6. The standard InChI is InChI=1S/C21H19N5O4/c1-13-5-6-15(10-14(13)2)17-7-8-19(27)26(24-17)12-18-23-21(30-25-18)20(28)22-11-16-4-3-9-29-16/h3-10H,11-12H2,1-2H3,(H,22,28). The zero-order valence-corrected chi connectivity index (χ0v) is 16.5. The first-order valence-electron chi connectivity index (χ1n) is 9.28. The second kappa shape index (κ2) is 8.16. The summed E-state index contributed by atoms with van der Waals surface area (Å²) in [6.07, 6.45) is 1.52. The molecule has 1 aromatic carbocycles. The monoisotopic (exact) mass is 405 g/mol. The minimum absolute atomic E-state index is 0.0213. The third-order valence-electron chi connectivity index (χ3n) is 4.63. The number of aryl methyl sites for hydroxylation is 2. The maximum absolute atomic E-state index is 12.2. The Morgan fingerprint density at radius 1 is 1.13 bits per heavy atom. The van der Waals surface area contributed by atoms with Gasteiger partial charge in [-0.05, 0) is 49.2 Å². The van der Waals surface area contributed by atoms with Crippen molar-refractivity contribution in [2.75, 3.05) is 0 Å². The Bertz CT molecular complexity index is 1240. The summed E-state index contributed by atoms with van der Waals surface area (Å²) in [7, 11) is 0. The van der Waals surface area contributed by atoms with Gasteiger partial charge >= 0.3 is 11.8 Å². The highest BCUT2D eigenvalue weighted by atomic mass is 16.5. The van der Waals surface area contributed by atoms with E-state index < -0.39 is 5.91 Å². The number of hydrogen-bond donors (Lipinski definition) is 1. The van der Waals surface area contributed by atoms with Gasteiger partial charge in [0.25, 0.3) is 5.56 Å².